The summed E-state index contributed by atoms with van der Waals surface area (Å²) in [5.74, 6) is -0.0299. The number of aliphatic hydroxyl groups excluding tert-OH is 1. The third kappa shape index (κ3) is 3.68. The summed E-state index contributed by atoms with van der Waals surface area (Å²) < 4.78 is 1.82. The summed E-state index contributed by atoms with van der Waals surface area (Å²) in [7, 11) is 3.49. The number of amides is 1. The molecule has 1 amide bonds. The Morgan fingerprint density at radius 3 is 2.81 bits per heavy atom. The van der Waals surface area contributed by atoms with Gasteiger partial charge in [0.25, 0.3) is 5.91 Å². The van der Waals surface area contributed by atoms with Crippen molar-refractivity contribution in [2.45, 2.75) is 37.8 Å². The van der Waals surface area contributed by atoms with Gasteiger partial charge in [0.15, 0.2) is 0 Å². The summed E-state index contributed by atoms with van der Waals surface area (Å²) in [6.45, 7) is 0. The molecule has 1 fully saturated rings. The topological polar surface area (TPSA) is 82.8 Å². The normalized spacial score (nSPS) is 20.0. The molecule has 2 N–H and O–H groups in total. The summed E-state index contributed by atoms with van der Waals surface area (Å²) in [4.78, 5) is 19.1. The van der Waals surface area contributed by atoms with Crippen molar-refractivity contribution in [2.75, 3.05) is 19.4 Å². The lowest BCUT2D eigenvalue weighted by Crippen LogP contribution is -2.28. The van der Waals surface area contributed by atoms with Crippen molar-refractivity contribution in [2.24, 2.45) is 0 Å². The molecule has 142 valence electrons. The number of rotatable bonds is 4. The van der Waals surface area contributed by atoms with Crippen LogP contribution in [0.5, 0.6) is 0 Å². The molecule has 2 heterocycles. The summed E-state index contributed by atoms with van der Waals surface area (Å²) in [5.41, 5.74) is 2.41. The van der Waals surface area contributed by atoms with Gasteiger partial charge in [0.05, 0.1) is 18.0 Å². The standard InChI is InChI=1S/C19H23N5O2S/c1-23(2)17(26)13-5-3-4-12(10-13)16-11-20-19-24(16)22-18(27-19)21-14-6-8-15(25)9-7-14/h3-5,10-11,14-15,25H,6-9H2,1-2H3,(H,21,22). The zero-order valence-corrected chi connectivity index (χ0v) is 16.2. The molecule has 1 saturated carbocycles. The van der Waals surface area contributed by atoms with Crippen LogP contribution in [0.15, 0.2) is 30.5 Å². The predicted octanol–water partition coefficient (Wildman–Crippen LogP) is 2.88. The van der Waals surface area contributed by atoms with E-state index in [9.17, 15) is 9.90 Å². The Bertz CT molecular complexity index is 956. The van der Waals surface area contributed by atoms with E-state index in [0.29, 0.717) is 11.6 Å². The fourth-order valence-corrected chi connectivity index (χ4v) is 4.26. The van der Waals surface area contributed by atoms with Crippen LogP contribution >= 0.6 is 11.3 Å². The van der Waals surface area contributed by atoms with Crippen LogP contribution in [-0.2, 0) is 0 Å². The minimum absolute atomic E-state index is 0.0299. The predicted molar refractivity (Wildman–Crippen MR) is 106 cm³/mol. The Labute approximate surface area is 161 Å². The number of carbonyl (C=O) groups excluding carboxylic acids is 1. The fourth-order valence-electron chi connectivity index (χ4n) is 3.41. The van der Waals surface area contributed by atoms with E-state index in [4.69, 9.17) is 0 Å². The Hall–Kier alpha value is -2.45. The van der Waals surface area contributed by atoms with Gasteiger partial charge in [0.2, 0.25) is 10.1 Å². The first-order valence-corrected chi connectivity index (χ1v) is 9.94. The summed E-state index contributed by atoms with van der Waals surface area (Å²) >= 11 is 1.51. The van der Waals surface area contributed by atoms with E-state index in [-0.39, 0.29) is 12.0 Å². The van der Waals surface area contributed by atoms with Crippen LogP contribution in [0.25, 0.3) is 16.2 Å². The fraction of sp³-hybridized carbons (Fsp3) is 0.421. The molecule has 7 nitrogen and oxygen atoms in total. The van der Waals surface area contributed by atoms with Crippen LogP contribution in [0.4, 0.5) is 5.13 Å². The minimum atomic E-state index is -0.166. The lowest BCUT2D eigenvalue weighted by Gasteiger charge is -2.25. The monoisotopic (exact) mass is 385 g/mol. The van der Waals surface area contributed by atoms with Crippen LogP contribution < -0.4 is 5.32 Å². The first-order valence-electron chi connectivity index (χ1n) is 9.12. The number of hydrogen-bond donors (Lipinski definition) is 2. The molecule has 0 spiro atoms. The molecular weight excluding hydrogens is 362 g/mol. The second-order valence-electron chi connectivity index (χ2n) is 7.18. The third-order valence-corrected chi connectivity index (χ3v) is 5.77. The van der Waals surface area contributed by atoms with Crippen molar-refractivity contribution in [3.63, 3.8) is 0 Å². The molecule has 0 aliphatic heterocycles. The average Bonchev–Trinajstić information content (AvgIpc) is 3.23. The molecule has 0 saturated heterocycles. The molecule has 1 aliphatic carbocycles. The number of nitrogens with one attached hydrogen (secondary N) is 1. The van der Waals surface area contributed by atoms with Crippen LogP contribution in [0, 0.1) is 0 Å². The number of fused-ring (bicyclic) bond motifs is 1. The number of aromatic nitrogens is 3. The maximum atomic E-state index is 12.2. The van der Waals surface area contributed by atoms with Gasteiger partial charge in [0.1, 0.15) is 0 Å². The lowest BCUT2D eigenvalue weighted by molar-refractivity contribution is 0.0827. The van der Waals surface area contributed by atoms with Crippen molar-refractivity contribution in [3.05, 3.63) is 36.0 Å². The van der Waals surface area contributed by atoms with Gasteiger partial charge in [-0.15, -0.1) is 5.10 Å². The highest BCUT2D eigenvalue weighted by molar-refractivity contribution is 7.20. The van der Waals surface area contributed by atoms with Crippen molar-refractivity contribution < 1.29 is 9.90 Å². The Morgan fingerprint density at radius 2 is 2.07 bits per heavy atom. The minimum Gasteiger partial charge on any atom is -0.393 e. The molecule has 3 aromatic rings. The molecular formula is C19H23N5O2S. The number of anilines is 1. The molecule has 0 bridgehead atoms. The van der Waals surface area contributed by atoms with Gasteiger partial charge in [-0.2, -0.15) is 0 Å². The number of nitrogens with zero attached hydrogens (tertiary/aromatic N) is 4. The maximum Gasteiger partial charge on any atom is 0.253 e. The van der Waals surface area contributed by atoms with Crippen LogP contribution in [0.3, 0.4) is 0 Å². The van der Waals surface area contributed by atoms with E-state index in [1.165, 1.54) is 11.3 Å². The van der Waals surface area contributed by atoms with E-state index in [1.807, 2.05) is 28.8 Å². The van der Waals surface area contributed by atoms with E-state index >= 15 is 0 Å². The van der Waals surface area contributed by atoms with Gasteiger partial charge in [0, 0.05) is 31.3 Å². The Kier molecular flexibility index (Phi) is 4.84. The first kappa shape index (κ1) is 17.9. The summed E-state index contributed by atoms with van der Waals surface area (Å²) in [6, 6.07) is 7.87. The van der Waals surface area contributed by atoms with E-state index in [0.717, 1.165) is 47.0 Å². The highest BCUT2D eigenvalue weighted by atomic mass is 32.1. The largest absolute Gasteiger partial charge is 0.393 e. The lowest BCUT2D eigenvalue weighted by atomic mass is 9.93. The Morgan fingerprint density at radius 1 is 1.30 bits per heavy atom. The number of benzene rings is 1. The highest BCUT2D eigenvalue weighted by Gasteiger charge is 2.21. The molecule has 0 atom stereocenters. The number of carbonyl (C=O) groups is 1. The van der Waals surface area contributed by atoms with Crippen LogP contribution in [-0.4, -0.2) is 56.8 Å². The summed E-state index contributed by atoms with van der Waals surface area (Å²) in [6.07, 6.45) is 5.19. The average molecular weight is 385 g/mol. The maximum absolute atomic E-state index is 12.2. The van der Waals surface area contributed by atoms with Crippen LogP contribution in [0.1, 0.15) is 36.0 Å². The number of aliphatic hydroxyl groups is 1. The van der Waals surface area contributed by atoms with Gasteiger partial charge in [-0.05, 0) is 37.8 Å². The first-order chi connectivity index (χ1) is 13.0. The van der Waals surface area contributed by atoms with E-state index < -0.39 is 0 Å². The van der Waals surface area contributed by atoms with E-state index in [1.54, 1.807) is 25.2 Å². The molecule has 27 heavy (non-hydrogen) atoms. The smallest absolute Gasteiger partial charge is 0.253 e. The molecule has 4 rings (SSSR count). The van der Waals surface area contributed by atoms with Crippen molar-refractivity contribution in [1.29, 1.82) is 0 Å². The quantitative estimate of drug-likeness (QED) is 0.722. The highest BCUT2D eigenvalue weighted by Crippen LogP contribution is 2.29. The zero-order chi connectivity index (χ0) is 19.0. The number of hydrogen-bond acceptors (Lipinski definition) is 6. The SMILES string of the molecule is CN(C)C(=O)c1cccc(-c2cnc3sc(NC4CCC(O)CC4)nn23)c1. The van der Waals surface area contributed by atoms with Gasteiger partial charge < -0.3 is 15.3 Å². The van der Waals surface area contributed by atoms with E-state index in [2.05, 4.69) is 15.4 Å². The van der Waals surface area contributed by atoms with Crippen LogP contribution in [0.2, 0.25) is 0 Å². The van der Waals surface area contributed by atoms with Gasteiger partial charge >= 0.3 is 0 Å². The molecule has 8 heteroatoms. The third-order valence-electron chi connectivity index (χ3n) is 4.92. The van der Waals surface area contributed by atoms with Crippen molar-refractivity contribution in [3.8, 4) is 11.3 Å². The molecule has 0 unspecified atom stereocenters. The van der Waals surface area contributed by atoms with Gasteiger partial charge in [-0.1, -0.05) is 23.5 Å². The number of imidazole rings is 1. The zero-order valence-electron chi connectivity index (χ0n) is 15.4. The van der Waals surface area contributed by atoms with Gasteiger partial charge in [-0.25, -0.2) is 9.50 Å². The van der Waals surface area contributed by atoms with Crippen molar-refractivity contribution in [1.82, 2.24) is 19.5 Å². The summed E-state index contributed by atoms with van der Waals surface area (Å²) in [5, 5.41) is 18.6. The molecule has 1 aromatic carbocycles. The van der Waals surface area contributed by atoms with Crippen molar-refractivity contribution >= 4 is 27.3 Å². The second kappa shape index (κ2) is 7.28. The molecule has 1 aliphatic rings. The molecule has 0 radical (unpaired) electrons. The Balaban J connectivity index is 1.59. The van der Waals surface area contributed by atoms with Gasteiger partial charge in [-0.3, -0.25) is 4.79 Å². The second-order valence-corrected chi connectivity index (χ2v) is 8.13. The molecule has 2 aromatic heterocycles.